The monoisotopic (exact) mass is 552 g/mol. The van der Waals surface area contributed by atoms with E-state index in [0.29, 0.717) is 42.9 Å². The molecule has 0 amide bonds. The van der Waals surface area contributed by atoms with Crippen molar-refractivity contribution in [2.45, 2.75) is 19.7 Å². The Hall–Kier alpha value is -2.41. The molecule has 1 aromatic carbocycles. The molecule has 0 radical (unpaired) electrons. The number of nitrogens with zero attached hydrogens (tertiary/aromatic N) is 2. The number of halogens is 3. The lowest BCUT2D eigenvalue weighted by Crippen LogP contribution is -2.36. The predicted molar refractivity (Wildman–Crippen MR) is 124 cm³/mol. The second kappa shape index (κ2) is 14.6. The molecule has 0 aliphatic heterocycles. The average Bonchev–Trinajstić information content (AvgIpc) is 2.75. The number of rotatable bonds is 11. The minimum Gasteiger partial charge on any atom is -0.497 e. The van der Waals surface area contributed by atoms with Crippen molar-refractivity contribution in [3.05, 3.63) is 47.7 Å². The average molecular weight is 552 g/mol. The number of hydrogen-bond donors (Lipinski definition) is 2. The third-order valence-corrected chi connectivity index (χ3v) is 3.98. The summed E-state index contributed by atoms with van der Waals surface area (Å²) in [6.07, 6.45) is 1.64. The van der Waals surface area contributed by atoms with Gasteiger partial charge in [0.1, 0.15) is 18.1 Å². The van der Waals surface area contributed by atoms with Gasteiger partial charge in [-0.3, -0.25) is 4.99 Å². The topological polar surface area (TPSA) is 86.2 Å². The molecule has 0 aliphatic carbocycles. The SMILES string of the molecule is CN=C(NCc1cc(OC)ccc1OC(F)F)NCc1cccnc1OCCOC.I. The van der Waals surface area contributed by atoms with Gasteiger partial charge in [-0.15, -0.1) is 24.0 Å². The Kier molecular flexibility index (Phi) is 12.5. The zero-order chi connectivity index (χ0) is 21.8. The summed E-state index contributed by atoms with van der Waals surface area (Å²) < 4.78 is 45.7. The number of methoxy groups -OCH3 is 2. The fraction of sp³-hybridized carbons (Fsp3) is 0.400. The summed E-state index contributed by atoms with van der Waals surface area (Å²) in [5.41, 5.74) is 1.34. The zero-order valence-electron chi connectivity index (χ0n) is 17.6. The highest BCUT2D eigenvalue weighted by Crippen LogP contribution is 2.25. The summed E-state index contributed by atoms with van der Waals surface area (Å²) in [5.74, 6) is 1.56. The van der Waals surface area contributed by atoms with Crippen LogP contribution >= 0.6 is 24.0 Å². The van der Waals surface area contributed by atoms with Gasteiger partial charge in [-0.05, 0) is 24.3 Å². The Balaban J connectivity index is 0.00000480. The van der Waals surface area contributed by atoms with Crippen LogP contribution in [0.5, 0.6) is 17.4 Å². The lowest BCUT2D eigenvalue weighted by Gasteiger charge is -2.16. The normalized spacial score (nSPS) is 11.0. The molecule has 2 rings (SSSR count). The number of hydrogen-bond acceptors (Lipinski definition) is 6. The molecule has 0 bridgehead atoms. The number of nitrogens with one attached hydrogen (secondary N) is 2. The van der Waals surface area contributed by atoms with Gasteiger partial charge in [0.25, 0.3) is 0 Å². The van der Waals surface area contributed by atoms with Crippen molar-refractivity contribution in [1.29, 1.82) is 0 Å². The van der Waals surface area contributed by atoms with E-state index in [9.17, 15) is 8.78 Å². The van der Waals surface area contributed by atoms with Crippen molar-refractivity contribution in [2.75, 3.05) is 34.5 Å². The van der Waals surface area contributed by atoms with Crippen molar-refractivity contribution < 1.29 is 27.7 Å². The Morgan fingerprint density at radius 2 is 1.84 bits per heavy atom. The first kappa shape index (κ1) is 26.6. The van der Waals surface area contributed by atoms with Crippen LogP contribution in [0.2, 0.25) is 0 Å². The Morgan fingerprint density at radius 1 is 1.10 bits per heavy atom. The predicted octanol–water partition coefficient (Wildman–Crippen LogP) is 3.20. The molecule has 31 heavy (non-hydrogen) atoms. The molecule has 1 aromatic heterocycles. The summed E-state index contributed by atoms with van der Waals surface area (Å²) in [4.78, 5) is 8.38. The maximum Gasteiger partial charge on any atom is 0.387 e. The third kappa shape index (κ3) is 9.09. The molecule has 2 N–H and O–H groups in total. The number of aromatic nitrogens is 1. The third-order valence-electron chi connectivity index (χ3n) is 3.98. The lowest BCUT2D eigenvalue weighted by atomic mass is 10.2. The lowest BCUT2D eigenvalue weighted by molar-refractivity contribution is -0.0505. The highest BCUT2D eigenvalue weighted by atomic mass is 127. The van der Waals surface area contributed by atoms with Crippen LogP contribution in [0.4, 0.5) is 8.78 Å². The fourth-order valence-electron chi connectivity index (χ4n) is 2.52. The van der Waals surface area contributed by atoms with Gasteiger partial charge >= 0.3 is 6.61 Å². The molecular weight excluding hydrogens is 525 g/mol. The van der Waals surface area contributed by atoms with Crippen molar-refractivity contribution in [1.82, 2.24) is 15.6 Å². The van der Waals surface area contributed by atoms with E-state index >= 15 is 0 Å². The van der Waals surface area contributed by atoms with Crippen molar-refractivity contribution in [3.8, 4) is 17.4 Å². The van der Waals surface area contributed by atoms with Crippen molar-refractivity contribution >= 4 is 29.9 Å². The molecule has 0 spiro atoms. The van der Waals surface area contributed by atoms with E-state index in [2.05, 4.69) is 25.3 Å². The van der Waals surface area contributed by atoms with Crippen LogP contribution in [0.25, 0.3) is 0 Å². The number of benzene rings is 1. The minimum atomic E-state index is -2.92. The fourth-order valence-corrected chi connectivity index (χ4v) is 2.52. The van der Waals surface area contributed by atoms with Gasteiger partial charge in [0.05, 0.1) is 13.7 Å². The highest BCUT2D eigenvalue weighted by Gasteiger charge is 2.12. The van der Waals surface area contributed by atoms with E-state index in [1.807, 2.05) is 6.07 Å². The first-order chi connectivity index (χ1) is 14.6. The standard InChI is InChI=1S/C20H26F2N4O4.HI/c1-23-20(25-12-14-5-4-8-24-18(14)29-10-9-27-2)26-13-15-11-16(28-3)6-7-17(15)30-19(21)22;/h4-8,11,19H,9-10,12-13H2,1-3H3,(H2,23,25,26);1H. The van der Waals surface area contributed by atoms with Gasteiger partial charge in [-0.25, -0.2) is 4.98 Å². The Morgan fingerprint density at radius 3 is 2.48 bits per heavy atom. The summed E-state index contributed by atoms with van der Waals surface area (Å²) in [7, 11) is 4.71. The molecule has 0 aliphatic rings. The second-order valence-corrected chi connectivity index (χ2v) is 5.94. The smallest absolute Gasteiger partial charge is 0.387 e. The van der Waals surface area contributed by atoms with Crippen LogP contribution in [0.15, 0.2) is 41.5 Å². The van der Waals surface area contributed by atoms with Crippen LogP contribution in [0.3, 0.4) is 0 Å². The summed E-state index contributed by atoms with van der Waals surface area (Å²) in [5, 5.41) is 6.21. The summed E-state index contributed by atoms with van der Waals surface area (Å²) in [6.45, 7) is -1.49. The van der Waals surface area contributed by atoms with Crippen LogP contribution in [-0.4, -0.2) is 52.0 Å². The number of guanidine groups is 1. The number of pyridine rings is 1. The number of alkyl halides is 2. The molecule has 1 heterocycles. The molecule has 0 atom stereocenters. The van der Waals surface area contributed by atoms with Crippen LogP contribution in [0.1, 0.15) is 11.1 Å². The van der Waals surface area contributed by atoms with Gasteiger partial charge in [-0.1, -0.05) is 6.07 Å². The largest absolute Gasteiger partial charge is 0.497 e. The maximum absolute atomic E-state index is 12.7. The van der Waals surface area contributed by atoms with Crippen LogP contribution < -0.4 is 24.8 Å². The van der Waals surface area contributed by atoms with Gasteiger partial charge in [-0.2, -0.15) is 8.78 Å². The molecule has 172 valence electrons. The van der Waals surface area contributed by atoms with E-state index in [1.165, 1.54) is 13.2 Å². The molecule has 0 saturated carbocycles. The zero-order valence-corrected chi connectivity index (χ0v) is 19.9. The van der Waals surface area contributed by atoms with E-state index in [1.54, 1.807) is 38.6 Å². The number of ether oxygens (including phenoxy) is 4. The molecule has 8 nitrogen and oxygen atoms in total. The first-order valence-corrected chi connectivity index (χ1v) is 9.19. The molecule has 11 heteroatoms. The van der Waals surface area contributed by atoms with Crippen molar-refractivity contribution in [3.63, 3.8) is 0 Å². The van der Waals surface area contributed by atoms with Crippen LogP contribution in [0, 0.1) is 0 Å². The minimum absolute atomic E-state index is 0. The van der Waals surface area contributed by atoms with Gasteiger partial charge < -0.3 is 29.6 Å². The van der Waals surface area contributed by atoms with Gasteiger partial charge in [0.2, 0.25) is 5.88 Å². The Labute approximate surface area is 197 Å². The molecule has 0 unspecified atom stereocenters. The van der Waals surface area contributed by atoms with E-state index < -0.39 is 6.61 Å². The molecule has 2 aromatic rings. The van der Waals surface area contributed by atoms with Crippen molar-refractivity contribution in [2.24, 2.45) is 4.99 Å². The van der Waals surface area contributed by atoms with E-state index in [4.69, 9.17) is 14.2 Å². The van der Waals surface area contributed by atoms with E-state index in [0.717, 1.165) is 5.56 Å². The molecular formula is C20H27F2IN4O4. The summed E-state index contributed by atoms with van der Waals surface area (Å²) >= 11 is 0. The first-order valence-electron chi connectivity index (χ1n) is 9.19. The molecule has 0 fully saturated rings. The van der Waals surface area contributed by atoms with Crippen LogP contribution in [-0.2, 0) is 17.8 Å². The summed E-state index contributed by atoms with van der Waals surface area (Å²) in [6, 6.07) is 8.31. The maximum atomic E-state index is 12.7. The Bertz CT molecular complexity index is 828. The van der Waals surface area contributed by atoms with Gasteiger partial charge in [0, 0.05) is 44.6 Å². The van der Waals surface area contributed by atoms with E-state index in [-0.39, 0.29) is 36.3 Å². The molecule has 0 saturated heterocycles. The highest BCUT2D eigenvalue weighted by molar-refractivity contribution is 14.0. The number of aliphatic imine (C=N–C) groups is 1. The van der Waals surface area contributed by atoms with Gasteiger partial charge in [0.15, 0.2) is 5.96 Å². The second-order valence-electron chi connectivity index (χ2n) is 5.94. The quantitative estimate of drug-likeness (QED) is 0.192.